The highest BCUT2D eigenvalue weighted by Gasteiger charge is 2.17. The van der Waals surface area contributed by atoms with Crippen LogP contribution in [0.2, 0.25) is 0 Å². The van der Waals surface area contributed by atoms with Crippen LogP contribution in [0.1, 0.15) is 6.42 Å². The van der Waals surface area contributed by atoms with Crippen LogP contribution >= 0.6 is 0 Å². The summed E-state index contributed by atoms with van der Waals surface area (Å²) < 4.78 is 4.79. The minimum Gasteiger partial charge on any atom is -0.384 e. The summed E-state index contributed by atoms with van der Waals surface area (Å²) >= 11 is 0. The van der Waals surface area contributed by atoms with Crippen LogP contribution in [0.25, 0.3) is 0 Å². The third-order valence-electron chi connectivity index (χ3n) is 2.30. The van der Waals surface area contributed by atoms with Gasteiger partial charge in [0.25, 0.3) is 0 Å². The number of anilines is 1. The summed E-state index contributed by atoms with van der Waals surface area (Å²) in [6.45, 7) is -0.00565. The fourth-order valence-electron chi connectivity index (χ4n) is 1.38. The Labute approximate surface area is 116 Å². The van der Waals surface area contributed by atoms with E-state index in [1.54, 1.807) is 36.6 Å². The quantitative estimate of drug-likeness (QED) is 0.736. The van der Waals surface area contributed by atoms with Gasteiger partial charge in [-0.2, -0.15) is 0 Å². The van der Waals surface area contributed by atoms with E-state index in [0.717, 1.165) is 5.01 Å². The van der Waals surface area contributed by atoms with Gasteiger partial charge in [-0.15, -0.1) is 0 Å². The van der Waals surface area contributed by atoms with Crippen molar-refractivity contribution in [3.8, 4) is 0 Å². The molecule has 1 aromatic carbocycles. The third kappa shape index (κ3) is 5.07. The maximum atomic E-state index is 11.9. The summed E-state index contributed by atoms with van der Waals surface area (Å²) in [6, 6.07) is 7.92. The zero-order valence-corrected chi connectivity index (χ0v) is 11.1. The number of carbonyl (C=O) groups excluding carboxylic acids is 3. The zero-order chi connectivity index (χ0) is 14.8. The predicted octanol–water partition coefficient (Wildman–Crippen LogP) is 0.380. The molecule has 3 amide bonds. The number of hydrogen-bond donors (Lipinski definition) is 2. The van der Waals surface area contributed by atoms with Crippen molar-refractivity contribution in [3.05, 3.63) is 30.3 Å². The van der Waals surface area contributed by atoms with E-state index in [2.05, 4.69) is 10.7 Å². The first kappa shape index (κ1) is 15.6. The number of nitrogens with zero attached hydrogens (tertiary/aromatic N) is 1. The molecule has 0 aromatic heterocycles. The lowest BCUT2D eigenvalue weighted by atomic mass is 10.3. The van der Waals surface area contributed by atoms with Crippen molar-refractivity contribution in [1.82, 2.24) is 10.7 Å². The Morgan fingerprint density at radius 3 is 2.60 bits per heavy atom. The van der Waals surface area contributed by atoms with Crippen LogP contribution in [0.3, 0.4) is 0 Å². The molecule has 7 heteroatoms. The van der Waals surface area contributed by atoms with Gasteiger partial charge in [0.15, 0.2) is 0 Å². The van der Waals surface area contributed by atoms with E-state index in [-0.39, 0.29) is 25.5 Å². The van der Waals surface area contributed by atoms with Crippen LogP contribution in [0.5, 0.6) is 0 Å². The zero-order valence-electron chi connectivity index (χ0n) is 11.1. The normalized spacial score (nSPS) is 9.65. The average molecular weight is 278 g/mol. The van der Waals surface area contributed by atoms with Crippen LogP contribution in [0.4, 0.5) is 10.5 Å². The summed E-state index contributed by atoms with van der Waals surface area (Å²) in [4.78, 5) is 33.7. The molecular weight excluding hydrogens is 262 g/mol. The Bertz CT molecular complexity index is 450. The van der Waals surface area contributed by atoms with E-state index >= 15 is 0 Å². The Morgan fingerprint density at radius 2 is 2.00 bits per heavy atom. The van der Waals surface area contributed by atoms with Gasteiger partial charge < -0.3 is 10.1 Å². The fraction of sp³-hybridized carbons (Fsp3) is 0.308. The van der Waals surface area contributed by atoms with Crippen molar-refractivity contribution in [2.24, 2.45) is 0 Å². The third-order valence-corrected chi connectivity index (χ3v) is 2.30. The maximum absolute atomic E-state index is 11.9. The van der Waals surface area contributed by atoms with Crippen molar-refractivity contribution < 1.29 is 19.1 Å². The summed E-state index contributed by atoms with van der Waals surface area (Å²) in [5, 5.41) is 3.35. The second-order valence-corrected chi connectivity index (χ2v) is 3.75. The number of ether oxygens (including phenoxy) is 1. The fourth-order valence-corrected chi connectivity index (χ4v) is 1.38. The molecule has 20 heavy (non-hydrogen) atoms. The number of hydrogen-bond acceptors (Lipinski definition) is 4. The second kappa shape index (κ2) is 8.65. The lowest BCUT2D eigenvalue weighted by Crippen LogP contribution is -2.51. The van der Waals surface area contributed by atoms with Crippen LogP contribution in [0, 0.1) is 0 Å². The van der Waals surface area contributed by atoms with Gasteiger partial charge in [-0.3, -0.25) is 15.0 Å². The van der Waals surface area contributed by atoms with E-state index in [0.29, 0.717) is 5.69 Å². The van der Waals surface area contributed by atoms with Crippen LogP contribution in [-0.4, -0.2) is 38.5 Å². The molecule has 1 aromatic rings. The van der Waals surface area contributed by atoms with Gasteiger partial charge in [-0.1, -0.05) is 18.2 Å². The first-order valence-electron chi connectivity index (χ1n) is 5.95. The molecule has 0 atom stereocenters. The van der Waals surface area contributed by atoms with Gasteiger partial charge in [0.05, 0.1) is 25.3 Å². The van der Waals surface area contributed by atoms with E-state index in [1.165, 1.54) is 7.11 Å². The number of urea groups is 1. The Balaban J connectivity index is 2.76. The molecule has 0 unspecified atom stereocenters. The number of amides is 3. The highest BCUT2D eigenvalue weighted by molar-refractivity contribution is 5.95. The van der Waals surface area contributed by atoms with Crippen molar-refractivity contribution >= 4 is 23.9 Å². The van der Waals surface area contributed by atoms with Gasteiger partial charge >= 0.3 is 6.03 Å². The van der Waals surface area contributed by atoms with E-state index < -0.39 is 6.03 Å². The molecule has 0 fully saturated rings. The lowest BCUT2D eigenvalue weighted by molar-refractivity contribution is -0.122. The van der Waals surface area contributed by atoms with Gasteiger partial charge in [0.1, 0.15) is 0 Å². The second-order valence-electron chi connectivity index (χ2n) is 3.75. The summed E-state index contributed by atoms with van der Waals surface area (Å²) in [6.07, 6.45) is 1.67. The molecule has 0 aliphatic carbocycles. The number of para-hydroxylation sites is 1. The number of rotatable bonds is 6. The molecule has 7 nitrogen and oxygen atoms in total. The smallest absolute Gasteiger partial charge is 0.341 e. The first-order chi connectivity index (χ1) is 9.69. The number of carbonyl (C=O) groups is 2. The SMILES string of the molecule is COCCC(=O)NN(C(=O)NC[C]=O)c1ccccc1. The predicted molar refractivity (Wildman–Crippen MR) is 72.6 cm³/mol. The summed E-state index contributed by atoms with van der Waals surface area (Å²) in [5.41, 5.74) is 2.92. The number of methoxy groups -OCH3 is 1. The molecule has 0 aliphatic heterocycles. The lowest BCUT2D eigenvalue weighted by Gasteiger charge is -2.23. The Kier molecular flexibility index (Phi) is 6.77. The maximum Gasteiger partial charge on any atom is 0.341 e. The van der Waals surface area contributed by atoms with Crippen molar-refractivity contribution in [2.45, 2.75) is 6.42 Å². The average Bonchev–Trinajstić information content (AvgIpc) is 2.49. The molecule has 107 valence electrons. The van der Waals surface area contributed by atoms with Crippen molar-refractivity contribution in [1.29, 1.82) is 0 Å². The van der Waals surface area contributed by atoms with E-state index in [4.69, 9.17) is 4.74 Å². The van der Waals surface area contributed by atoms with Crippen molar-refractivity contribution in [2.75, 3.05) is 25.3 Å². The summed E-state index contributed by atoms with van der Waals surface area (Å²) in [7, 11) is 1.48. The molecule has 0 heterocycles. The van der Waals surface area contributed by atoms with Crippen LogP contribution in [0.15, 0.2) is 30.3 Å². The number of hydrazine groups is 1. The molecule has 1 radical (unpaired) electrons. The molecule has 0 aliphatic rings. The molecule has 0 saturated heterocycles. The molecular formula is C13H16N3O4. The molecule has 2 N–H and O–H groups in total. The highest BCUT2D eigenvalue weighted by Crippen LogP contribution is 2.11. The summed E-state index contributed by atoms with van der Waals surface area (Å²) in [5.74, 6) is -0.374. The van der Waals surface area contributed by atoms with Gasteiger partial charge in [-0.25, -0.2) is 9.80 Å². The minimum absolute atomic E-state index is 0.118. The highest BCUT2D eigenvalue weighted by atomic mass is 16.5. The number of nitrogens with one attached hydrogen (secondary N) is 2. The first-order valence-corrected chi connectivity index (χ1v) is 5.95. The Hall–Kier alpha value is -2.41. The number of benzene rings is 1. The van der Waals surface area contributed by atoms with Gasteiger partial charge in [-0.05, 0) is 12.1 Å². The molecule has 0 bridgehead atoms. The molecule has 0 saturated carbocycles. The minimum atomic E-state index is -0.620. The van der Waals surface area contributed by atoms with Gasteiger partial charge in [0, 0.05) is 7.11 Å². The van der Waals surface area contributed by atoms with Crippen molar-refractivity contribution in [3.63, 3.8) is 0 Å². The largest absolute Gasteiger partial charge is 0.384 e. The standard InChI is InChI=1S/C13H16N3O4/c1-20-10-7-12(18)15-16(13(19)14-8-9-17)11-5-3-2-4-6-11/h2-6H,7-8,10H2,1H3,(H,14,19)(H,15,18). The van der Waals surface area contributed by atoms with E-state index in [1.807, 2.05) is 0 Å². The van der Waals surface area contributed by atoms with Gasteiger partial charge in [0.2, 0.25) is 12.2 Å². The Morgan fingerprint density at radius 1 is 1.30 bits per heavy atom. The van der Waals surface area contributed by atoms with E-state index in [9.17, 15) is 14.4 Å². The molecule has 1 rings (SSSR count). The topological polar surface area (TPSA) is 87.7 Å². The molecule has 0 spiro atoms. The van der Waals surface area contributed by atoms with Crippen LogP contribution in [-0.2, 0) is 14.3 Å². The van der Waals surface area contributed by atoms with Crippen LogP contribution < -0.4 is 15.8 Å². The monoisotopic (exact) mass is 278 g/mol.